The van der Waals surface area contributed by atoms with Crippen LogP contribution < -0.4 is 4.43 Å². The zero-order chi connectivity index (χ0) is 23.0. The first-order chi connectivity index (χ1) is 15.6. The monoisotopic (exact) mass is 453 g/mol. The Morgan fingerprint density at radius 3 is 2.34 bits per heavy atom. The maximum atomic E-state index is 5.95. The number of hydrogen-bond acceptors (Lipinski definition) is 4. The van der Waals surface area contributed by atoms with Crippen LogP contribution in [0.5, 0.6) is 5.88 Å². The van der Waals surface area contributed by atoms with E-state index in [4.69, 9.17) is 4.43 Å². The number of nitrogens with zero attached hydrogens (tertiary/aromatic N) is 3. The molecule has 2 radical (unpaired) electrons. The summed E-state index contributed by atoms with van der Waals surface area (Å²) in [7, 11) is 0.423. The zero-order valence-corrected chi connectivity index (χ0v) is 21.8. The highest BCUT2D eigenvalue weighted by atomic mass is 28.2. The van der Waals surface area contributed by atoms with E-state index in [1.165, 1.54) is 69.8 Å². The molecule has 2 rings (SSSR count). The van der Waals surface area contributed by atoms with E-state index in [1.807, 2.05) is 6.20 Å². The van der Waals surface area contributed by atoms with Gasteiger partial charge in [-0.3, -0.25) is 9.97 Å². The van der Waals surface area contributed by atoms with Crippen LogP contribution in [0.3, 0.4) is 0 Å². The Balaban J connectivity index is 1.74. The van der Waals surface area contributed by atoms with Crippen LogP contribution in [0.15, 0.2) is 30.7 Å². The first kappa shape index (κ1) is 26.5. The Kier molecular flexibility index (Phi) is 13.2. The third-order valence-electron chi connectivity index (χ3n) is 6.08. The van der Waals surface area contributed by atoms with E-state index in [-0.39, 0.29) is 0 Å². The van der Waals surface area contributed by atoms with E-state index in [9.17, 15) is 0 Å². The van der Waals surface area contributed by atoms with Gasteiger partial charge in [0.25, 0.3) is 0 Å². The molecule has 2 aromatic rings. The normalized spacial score (nSPS) is 13.1. The van der Waals surface area contributed by atoms with Crippen molar-refractivity contribution in [2.75, 3.05) is 0 Å². The van der Waals surface area contributed by atoms with Crippen LogP contribution in [0.4, 0.5) is 0 Å². The summed E-state index contributed by atoms with van der Waals surface area (Å²) in [5.74, 6) is 2.13. The minimum atomic E-state index is 0.423. The van der Waals surface area contributed by atoms with Gasteiger partial charge in [-0.1, -0.05) is 91.5 Å². The first-order valence-electron chi connectivity index (χ1n) is 12.8. The van der Waals surface area contributed by atoms with Crippen molar-refractivity contribution in [1.82, 2.24) is 15.0 Å². The van der Waals surface area contributed by atoms with E-state index in [2.05, 4.69) is 54.8 Å². The lowest BCUT2D eigenvalue weighted by molar-refractivity contribution is 0.412. The molecular formula is C27H43N3OSi. The van der Waals surface area contributed by atoms with Crippen LogP contribution in [-0.2, 0) is 6.42 Å². The fourth-order valence-corrected chi connectivity index (χ4v) is 4.62. The Bertz CT molecular complexity index is 738. The fraction of sp³-hybridized carbons (Fsp3) is 0.667. The highest BCUT2D eigenvalue weighted by molar-refractivity contribution is 6.28. The average molecular weight is 454 g/mol. The number of unbranched alkanes of at least 4 members (excludes halogenated alkanes) is 5. The minimum absolute atomic E-state index is 0.423. The van der Waals surface area contributed by atoms with Gasteiger partial charge in [0.2, 0.25) is 5.88 Å². The fourth-order valence-electron chi connectivity index (χ4n) is 3.80. The van der Waals surface area contributed by atoms with Crippen molar-refractivity contribution in [2.45, 2.75) is 104 Å². The molecule has 0 saturated heterocycles. The van der Waals surface area contributed by atoms with Crippen LogP contribution in [0.1, 0.15) is 97.5 Å². The summed E-state index contributed by atoms with van der Waals surface area (Å²) in [6, 6.07) is 5.30. The number of aromatic nitrogens is 3. The number of rotatable bonds is 17. The van der Waals surface area contributed by atoms with Gasteiger partial charge in [0, 0.05) is 6.20 Å². The lowest BCUT2D eigenvalue weighted by Gasteiger charge is -2.15. The molecule has 4 nitrogen and oxygen atoms in total. The van der Waals surface area contributed by atoms with Crippen molar-refractivity contribution in [2.24, 2.45) is 11.8 Å². The predicted molar refractivity (Wildman–Crippen MR) is 136 cm³/mol. The molecule has 0 fully saturated rings. The molecule has 0 bridgehead atoms. The summed E-state index contributed by atoms with van der Waals surface area (Å²) in [6.45, 7) is 9.24. The Morgan fingerprint density at radius 2 is 1.59 bits per heavy atom. The molecule has 176 valence electrons. The third kappa shape index (κ3) is 10.7. The third-order valence-corrected chi connectivity index (χ3v) is 7.30. The second-order valence-electron chi connectivity index (χ2n) is 9.34. The number of hydrogen-bond donors (Lipinski definition) is 0. The number of pyridine rings is 1. The average Bonchev–Trinajstić information content (AvgIpc) is 2.82. The zero-order valence-electron chi connectivity index (χ0n) is 20.8. The van der Waals surface area contributed by atoms with Crippen molar-refractivity contribution in [3.63, 3.8) is 0 Å². The maximum absolute atomic E-state index is 5.95. The molecule has 0 aromatic carbocycles. The second kappa shape index (κ2) is 16.0. The molecule has 0 N–H and O–H groups in total. The van der Waals surface area contributed by atoms with Gasteiger partial charge in [-0.05, 0) is 42.4 Å². The smallest absolute Gasteiger partial charge is 0.313 e. The van der Waals surface area contributed by atoms with E-state index in [1.54, 1.807) is 12.4 Å². The summed E-state index contributed by atoms with van der Waals surface area (Å²) >= 11 is 0. The molecule has 0 aliphatic heterocycles. The molecule has 0 spiro atoms. The van der Waals surface area contributed by atoms with E-state index >= 15 is 0 Å². The van der Waals surface area contributed by atoms with Crippen molar-refractivity contribution in [1.29, 1.82) is 0 Å². The van der Waals surface area contributed by atoms with Crippen LogP contribution >= 0.6 is 0 Å². The van der Waals surface area contributed by atoms with Gasteiger partial charge in [-0.2, -0.15) is 0 Å². The summed E-state index contributed by atoms with van der Waals surface area (Å²) < 4.78 is 5.95. The lowest BCUT2D eigenvalue weighted by Crippen LogP contribution is -2.09. The molecule has 5 heteroatoms. The van der Waals surface area contributed by atoms with Crippen LogP contribution in [0, 0.1) is 11.8 Å². The van der Waals surface area contributed by atoms with E-state index < -0.39 is 0 Å². The van der Waals surface area contributed by atoms with Gasteiger partial charge in [0.1, 0.15) is 5.69 Å². The van der Waals surface area contributed by atoms with Crippen LogP contribution in [0.2, 0.25) is 6.04 Å². The lowest BCUT2D eigenvalue weighted by atomic mass is 9.95. The highest BCUT2D eigenvalue weighted by Gasteiger charge is 2.10. The molecule has 2 aromatic heterocycles. The molecule has 0 aliphatic carbocycles. The quantitative estimate of drug-likeness (QED) is 0.182. The van der Waals surface area contributed by atoms with E-state index in [0.29, 0.717) is 21.6 Å². The molecule has 0 saturated carbocycles. The SMILES string of the molecule is CCCCCCCc1ccc(-c2cncc(O[Si]CC(C)CCC(C)CCCC)n2)nc1. The van der Waals surface area contributed by atoms with Crippen molar-refractivity contribution in [3.8, 4) is 17.3 Å². The molecule has 32 heavy (non-hydrogen) atoms. The second-order valence-corrected chi connectivity index (χ2v) is 10.2. The Hall–Kier alpha value is -1.75. The summed E-state index contributed by atoms with van der Waals surface area (Å²) in [4.78, 5) is 13.6. The van der Waals surface area contributed by atoms with E-state index in [0.717, 1.165) is 29.8 Å². The summed E-state index contributed by atoms with van der Waals surface area (Å²) in [5.41, 5.74) is 2.93. The van der Waals surface area contributed by atoms with Gasteiger partial charge >= 0.3 is 9.76 Å². The van der Waals surface area contributed by atoms with Crippen LogP contribution in [0.25, 0.3) is 11.4 Å². The maximum Gasteiger partial charge on any atom is 0.313 e. The van der Waals surface area contributed by atoms with Crippen molar-refractivity contribution < 1.29 is 4.43 Å². The summed E-state index contributed by atoms with van der Waals surface area (Å²) in [5, 5.41) is 0. The standard InChI is InChI=1S/C27H43N3OSi/c1-5-7-9-10-11-13-24-16-17-25(29-18-24)26-19-28-20-27(30-26)31-32-21-23(4)15-14-22(3)12-8-6-2/h16-20,22-23H,5-15,21H2,1-4H3. The Labute approximate surface area is 199 Å². The predicted octanol–water partition coefficient (Wildman–Crippen LogP) is 7.71. The van der Waals surface area contributed by atoms with Gasteiger partial charge < -0.3 is 4.43 Å². The molecule has 0 aliphatic rings. The largest absolute Gasteiger partial charge is 0.527 e. The molecule has 2 unspecified atom stereocenters. The van der Waals surface area contributed by atoms with Gasteiger partial charge in [0.15, 0.2) is 0 Å². The van der Waals surface area contributed by atoms with Gasteiger partial charge in [0.05, 0.1) is 18.1 Å². The van der Waals surface area contributed by atoms with Crippen molar-refractivity contribution in [3.05, 3.63) is 36.3 Å². The molecule has 2 heterocycles. The molecule has 0 amide bonds. The van der Waals surface area contributed by atoms with Gasteiger partial charge in [-0.15, -0.1) is 0 Å². The number of aryl methyl sites for hydroxylation is 1. The van der Waals surface area contributed by atoms with Crippen molar-refractivity contribution >= 4 is 9.76 Å². The Morgan fingerprint density at radius 1 is 0.812 bits per heavy atom. The highest BCUT2D eigenvalue weighted by Crippen LogP contribution is 2.21. The molecule has 2 atom stereocenters. The minimum Gasteiger partial charge on any atom is -0.527 e. The molecular weight excluding hydrogens is 410 g/mol. The first-order valence-corrected chi connectivity index (χ1v) is 13.9. The summed E-state index contributed by atoms with van der Waals surface area (Å²) in [6.07, 6.45) is 19.7. The van der Waals surface area contributed by atoms with Crippen LogP contribution in [-0.4, -0.2) is 24.7 Å². The van der Waals surface area contributed by atoms with Gasteiger partial charge in [-0.25, -0.2) is 4.98 Å². The topological polar surface area (TPSA) is 47.9 Å².